The number of halogens is 5. The van der Waals surface area contributed by atoms with Gasteiger partial charge in [0.2, 0.25) is 5.82 Å². The highest BCUT2D eigenvalue weighted by molar-refractivity contribution is 5.91. The van der Waals surface area contributed by atoms with E-state index in [1.807, 2.05) is 0 Å². The first-order valence-corrected chi connectivity index (χ1v) is 12.4. The number of carbonyl (C=O) groups is 1. The number of hydrogen-bond acceptors (Lipinski definition) is 4. The fraction of sp³-hybridized carbons (Fsp3) is 0.345. The van der Waals surface area contributed by atoms with Gasteiger partial charge < -0.3 is 14.6 Å². The average molecular weight is 535 g/mol. The first kappa shape index (κ1) is 27.6. The molecule has 9 heteroatoms. The van der Waals surface area contributed by atoms with Crippen LogP contribution in [-0.4, -0.2) is 17.7 Å². The van der Waals surface area contributed by atoms with Gasteiger partial charge in [0.25, 0.3) is 0 Å². The van der Waals surface area contributed by atoms with Gasteiger partial charge in [0, 0.05) is 11.6 Å². The third-order valence-electron chi connectivity index (χ3n) is 6.95. The summed E-state index contributed by atoms with van der Waals surface area (Å²) in [6.07, 6.45) is 0.940. The zero-order chi connectivity index (χ0) is 27.6. The van der Waals surface area contributed by atoms with Gasteiger partial charge in [-0.3, -0.25) is 0 Å². The Labute approximate surface area is 217 Å². The quantitative estimate of drug-likeness (QED) is 0.194. The number of carbonyl (C=O) groups excluding carboxylic acids is 1. The lowest BCUT2D eigenvalue weighted by Gasteiger charge is -2.30. The van der Waals surface area contributed by atoms with Crippen LogP contribution in [0.5, 0.6) is 11.5 Å². The Morgan fingerprint density at radius 2 is 1.50 bits per heavy atom. The Morgan fingerprint density at radius 3 is 2.11 bits per heavy atom. The smallest absolute Gasteiger partial charge is 0.346 e. The molecule has 0 aliphatic heterocycles. The van der Waals surface area contributed by atoms with Crippen LogP contribution in [0, 0.1) is 29.1 Å². The van der Waals surface area contributed by atoms with E-state index in [9.17, 15) is 31.9 Å². The summed E-state index contributed by atoms with van der Waals surface area (Å²) in [7, 11) is 0. The predicted octanol–water partition coefficient (Wildman–Crippen LogP) is 7.49. The van der Waals surface area contributed by atoms with Gasteiger partial charge in [-0.15, -0.1) is 0 Å². The first-order chi connectivity index (χ1) is 18.1. The summed E-state index contributed by atoms with van der Waals surface area (Å²) in [5, 5.41) is 9.59. The van der Waals surface area contributed by atoms with E-state index in [0.29, 0.717) is 31.2 Å². The molecule has 1 saturated carbocycles. The molecule has 1 fully saturated rings. The zero-order valence-corrected chi connectivity index (χ0v) is 20.9. The molecular weight excluding hydrogens is 507 g/mol. The zero-order valence-electron chi connectivity index (χ0n) is 20.9. The van der Waals surface area contributed by atoms with Crippen molar-refractivity contribution in [1.82, 2.24) is 0 Å². The number of benzene rings is 3. The van der Waals surface area contributed by atoms with Crippen LogP contribution in [0.15, 0.2) is 42.5 Å². The van der Waals surface area contributed by atoms with Crippen molar-refractivity contribution in [3.8, 4) is 11.5 Å². The second-order valence-corrected chi connectivity index (χ2v) is 9.34. The van der Waals surface area contributed by atoms with Crippen molar-refractivity contribution in [3.05, 3.63) is 93.8 Å². The monoisotopic (exact) mass is 534 g/mol. The molecule has 202 valence electrons. The van der Waals surface area contributed by atoms with Gasteiger partial charge in [-0.2, -0.15) is 4.39 Å². The maximum Gasteiger partial charge on any atom is 0.346 e. The molecule has 0 aromatic heterocycles. The molecule has 1 aliphatic carbocycles. The number of ether oxygens (including phenoxy) is 2. The molecular formula is C29H27F5O4. The van der Waals surface area contributed by atoms with E-state index in [1.165, 1.54) is 31.2 Å². The predicted molar refractivity (Wildman–Crippen MR) is 130 cm³/mol. The lowest BCUT2D eigenvalue weighted by atomic mass is 9.75. The normalized spacial score (nSPS) is 18.2. The maximum atomic E-state index is 15.0. The molecule has 0 radical (unpaired) electrons. The van der Waals surface area contributed by atoms with Crippen LogP contribution < -0.4 is 9.47 Å². The van der Waals surface area contributed by atoms with Crippen molar-refractivity contribution in [2.45, 2.75) is 57.5 Å². The van der Waals surface area contributed by atoms with Crippen LogP contribution in [0.3, 0.4) is 0 Å². The van der Waals surface area contributed by atoms with Gasteiger partial charge in [-0.05, 0) is 80.7 Å². The van der Waals surface area contributed by atoms with Crippen LogP contribution >= 0.6 is 0 Å². The number of esters is 1. The van der Waals surface area contributed by atoms with Gasteiger partial charge in [-0.25, -0.2) is 22.4 Å². The minimum absolute atomic E-state index is 0.0989. The topological polar surface area (TPSA) is 55.8 Å². The molecule has 0 saturated heterocycles. The Kier molecular flexibility index (Phi) is 8.35. The van der Waals surface area contributed by atoms with Crippen LogP contribution in [0.25, 0.3) is 0 Å². The van der Waals surface area contributed by atoms with E-state index in [0.717, 1.165) is 18.2 Å². The van der Waals surface area contributed by atoms with E-state index >= 15 is 0 Å². The summed E-state index contributed by atoms with van der Waals surface area (Å²) in [5.74, 6) is -7.51. The lowest BCUT2D eigenvalue weighted by Crippen LogP contribution is -2.16. The summed E-state index contributed by atoms with van der Waals surface area (Å²) in [4.78, 5) is 12.4. The minimum atomic E-state index is -1.42. The van der Waals surface area contributed by atoms with Crippen LogP contribution in [0.2, 0.25) is 0 Å². The van der Waals surface area contributed by atoms with Crippen molar-refractivity contribution >= 4 is 5.97 Å². The Bertz CT molecular complexity index is 1330. The second-order valence-electron chi connectivity index (χ2n) is 9.34. The number of rotatable bonds is 7. The van der Waals surface area contributed by atoms with E-state index in [2.05, 4.69) is 0 Å². The van der Waals surface area contributed by atoms with Gasteiger partial charge in [0.15, 0.2) is 23.2 Å². The number of aliphatic hydroxyl groups excluding tert-OH is 1. The molecule has 1 unspecified atom stereocenters. The number of hydrogen-bond donors (Lipinski definition) is 1. The summed E-state index contributed by atoms with van der Waals surface area (Å²) in [6, 6.07) is 8.87. The standard InChI is InChI=1S/C29H27F5O4/c1-3-37-24-13-12-22(27(33)28(24)34)29(36)38-18-8-9-20(23(30)14-18)16-4-6-17(7-5-16)21-11-10-19(15(2)35)25(31)26(21)32/h8-17,35H,3-7H2,1-2H3. The summed E-state index contributed by atoms with van der Waals surface area (Å²) >= 11 is 0. The van der Waals surface area contributed by atoms with E-state index in [4.69, 9.17) is 9.47 Å². The molecule has 0 amide bonds. The van der Waals surface area contributed by atoms with E-state index in [-0.39, 0.29) is 41.1 Å². The molecule has 1 aliphatic rings. The molecule has 3 aromatic rings. The van der Waals surface area contributed by atoms with Crippen molar-refractivity contribution in [2.75, 3.05) is 6.61 Å². The fourth-order valence-corrected chi connectivity index (χ4v) is 4.95. The fourth-order valence-electron chi connectivity index (χ4n) is 4.95. The highest BCUT2D eigenvalue weighted by Gasteiger charge is 2.29. The minimum Gasteiger partial charge on any atom is -0.491 e. The highest BCUT2D eigenvalue weighted by Crippen LogP contribution is 2.43. The molecule has 0 bridgehead atoms. The van der Waals surface area contributed by atoms with Crippen LogP contribution in [0.4, 0.5) is 22.0 Å². The summed E-state index contributed by atoms with van der Waals surface area (Å²) in [6.45, 7) is 3.07. The van der Waals surface area contributed by atoms with Gasteiger partial charge >= 0.3 is 5.97 Å². The van der Waals surface area contributed by atoms with Crippen LogP contribution in [0.1, 0.15) is 84.5 Å². The van der Waals surface area contributed by atoms with Crippen molar-refractivity contribution in [3.63, 3.8) is 0 Å². The van der Waals surface area contributed by atoms with Gasteiger partial charge in [0.05, 0.1) is 18.3 Å². The highest BCUT2D eigenvalue weighted by atomic mass is 19.2. The van der Waals surface area contributed by atoms with E-state index in [1.54, 1.807) is 6.92 Å². The molecule has 1 N–H and O–H groups in total. The van der Waals surface area contributed by atoms with Crippen molar-refractivity contribution in [1.29, 1.82) is 0 Å². The molecule has 0 spiro atoms. The molecule has 38 heavy (non-hydrogen) atoms. The first-order valence-electron chi connectivity index (χ1n) is 12.4. The van der Waals surface area contributed by atoms with Gasteiger partial charge in [-0.1, -0.05) is 18.2 Å². The molecule has 4 rings (SSSR count). The molecule has 0 heterocycles. The van der Waals surface area contributed by atoms with Crippen LogP contribution in [-0.2, 0) is 0 Å². The molecule has 1 atom stereocenters. The molecule has 4 nitrogen and oxygen atoms in total. The SMILES string of the molecule is CCOc1ccc(C(=O)Oc2ccc(C3CCC(c4ccc(C(C)O)c(F)c4F)CC3)c(F)c2)c(F)c1F. The van der Waals surface area contributed by atoms with Crippen molar-refractivity contribution < 1.29 is 41.3 Å². The maximum absolute atomic E-state index is 15.0. The Balaban J connectivity index is 1.42. The average Bonchev–Trinajstić information content (AvgIpc) is 2.88. The lowest BCUT2D eigenvalue weighted by molar-refractivity contribution is 0.0728. The second kappa shape index (κ2) is 11.5. The largest absolute Gasteiger partial charge is 0.491 e. The summed E-state index contributed by atoms with van der Waals surface area (Å²) < 4.78 is 82.3. The summed E-state index contributed by atoms with van der Waals surface area (Å²) in [5.41, 5.74) is -0.124. The third-order valence-corrected chi connectivity index (χ3v) is 6.95. The molecule has 3 aromatic carbocycles. The van der Waals surface area contributed by atoms with Crippen molar-refractivity contribution in [2.24, 2.45) is 0 Å². The van der Waals surface area contributed by atoms with Gasteiger partial charge in [0.1, 0.15) is 11.6 Å². The Morgan fingerprint density at radius 1 is 0.868 bits per heavy atom. The Hall–Kier alpha value is -3.46. The number of aliphatic hydroxyl groups is 1. The van der Waals surface area contributed by atoms with E-state index < -0.39 is 46.7 Å². The third kappa shape index (κ3) is 5.53.